The third-order valence-corrected chi connectivity index (χ3v) is 5.27. The summed E-state index contributed by atoms with van der Waals surface area (Å²) in [4.78, 5) is 17.1. The highest BCUT2D eigenvalue weighted by atomic mass is 16.2. The van der Waals surface area contributed by atoms with E-state index in [-0.39, 0.29) is 5.91 Å². The largest absolute Gasteiger partial charge is 0.339 e. The van der Waals surface area contributed by atoms with Crippen molar-refractivity contribution < 1.29 is 4.79 Å². The van der Waals surface area contributed by atoms with Gasteiger partial charge >= 0.3 is 0 Å². The molecule has 2 aliphatic rings. The number of benzene rings is 1. The smallest absolute Gasteiger partial charge is 0.253 e. The van der Waals surface area contributed by atoms with Crippen molar-refractivity contribution in [2.24, 2.45) is 0 Å². The summed E-state index contributed by atoms with van der Waals surface area (Å²) in [5, 5.41) is 4.41. The second-order valence-electron chi connectivity index (χ2n) is 7.40. The summed E-state index contributed by atoms with van der Waals surface area (Å²) in [6, 6.07) is 8.64. The van der Waals surface area contributed by atoms with Crippen molar-refractivity contribution >= 4 is 5.91 Å². The Balaban J connectivity index is 1.35. The van der Waals surface area contributed by atoms with E-state index in [0.29, 0.717) is 6.04 Å². The molecule has 3 heterocycles. The lowest BCUT2D eigenvalue weighted by molar-refractivity contribution is 0.0723. The maximum Gasteiger partial charge on any atom is 0.253 e. The first kappa shape index (κ1) is 16.3. The standard InChI is InChI=1S/C20H26N4O/c1-16-11-21-24(12-16)19-14-22(15-19)13-17-6-5-7-18(10-17)20(25)23-8-3-2-4-9-23/h5-7,10-12,19H,2-4,8-9,13-15H2,1H3. The van der Waals surface area contributed by atoms with Crippen LogP contribution in [-0.4, -0.2) is 51.7 Å². The molecule has 0 bridgehead atoms. The minimum absolute atomic E-state index is 0.190. The Hall–Kier alpha value is -2.14. The van der Waals surface area contributed by atoms with E-state index in [0.717, 1.165) is 51.1 Å². The van der Waals surface area contributed by atoms with Gasteiger partial charge in [-0.25, -0.2) is 0 Å². The second kappa shape index (κ2) is 7.00. The van der Waals surface area contributed by atoms with E-state index in [2.05, 4.69) is 39.9 Å². The van der Waals surface area contributed by atoms with Gasteiger partial charge in [-0.05, 0) is 49.4 Å². The van der Waals surface area contributed by atoms with Gasteiger partial charge in [-0.2, -0.15) is 5.10 Å². The van der Waals surface area contributed by atoms with Crippen molar-refractivity contribution in [1.29, 1.82) is 0 Å². The highest BCUT2D eigenvalue weighted by Gasteiger charge is 2.28. The van der Waals surface area contributed by atoms with Gasteiger partial charge in [-0.1, -0.05) is 12.1 Å². The molecular formula is C20H26N4O. The molecule has 0 N–H and O–H groups in total. The lowest BCUT2D eigenvalue weighted by Gasteiger charge is -2.39. The van der Waals surface area contributed by atoms with Crippen molar-refractivity contribution in [3.63, 3.8) is 0 Å². The van der Waals surface area contributed by atoms with Crippen molar-refractivity contribution in [3.8, 4) is 0 Å². The van der Waals surface area contributed by atoms with Crippen LogP contribution in [0.5, 0.6) is 0 Å². The summed E-state index contributed by atoms with van der Waals surface area (Å²) in [5.74, 6) is 0.190. The molecule has 25 heavy (non-hydrogen) atoms. The summed E-state index contributed by atoms with van der Waals surface area (Å²) < 4.78 is 2.07. The molecule has 1 aromatic heterocycles. The number of aryl methyl sites for hydroxylation is 1. The third-order valence-electron chi connectivity index (χ3n) is 5.27. The first-order chi connectivity index (χ1) is 12.2. The Morgan fingerprint density at radius 3 is 2.72 bits per heavy atom. The minimum atomic E-state index is 0.190. The maximum absolute atomic E-state index is 12.7. The molecule has 5 heteroatoms. The van der Waals surface area contributed by atoms with Crippen molar-refractivity contribution in [3.05, 3.63) is 53.3 Å². The number of piperidine rings is 1. The molecule has 1 amide bonds. The van der Waals surface area contributed by atoms with E-state index >= 15 is 0 Å². The van der Waals surface area contributed by atoms with Crippen molar-refractivity contribution in [2.75, 3.05) is 26.2 Å². The number of carbonyl (C=O) groups excluding carboxylic acids is 1. The van der Waals surface area contributed by atoms with Gasteiger partial charge in [0.05, 0.1) is 12.2 Å². The van der Waals surface area contributed by atoms with Crippen LogP contribution in [0.4, 0.5) is 0 Å². The number of aromatic nitrogens is 2. The Bertz CT molecular complexity index is 742. The minimum Gasteiger partial charge on any atom is -0.339 e. The quantitative estimate of drug-likeness (QED) is 0.861. The average Bonchev–Trinajstić information content (AvgIpc) is 3.04. The van der Waals surface area contributed by atoms with Crippen LogP contribution in [-0.2, 0) is 6.54 Å². The van der Waals surface area contributed by atoms with Gasteiger partial charge in [0.15, 0.2) is 0 Å². The zero-order valence-corrected chi connectivity index (χ0v) is 14.9. The lowest BCUT2D eigenvalue weighted by Crippen LogP contribution is -2.47. The topological polar surface area (TPSA) is 41.4 Å². The molecule has 0 spiro atoms. The van der Waals surface area contributed by atoms with Gasteiger partial charge in [-0.3, -0.25) is 14.4 Å². The summed E-state index contributed by atoms with van der Waals surface area (Å²) in [5.41, 5.74) is 3.26. The molecule has 1 aromatic carbocycles. The van der Waals surface area contributed by atoms with Crippen LogP contribution in [0.1, 0.15) is 46.8 Å². The van der Waals surface area contributed by atoms with Gasteiger partial charge in [0.25, 0.3) is 5.91 Å². The SMILES string of the molecule is Cc1cnn(C2CN(Cc3cccc(C(=O)N4CCCCC4)c3)C2)c1. The van der Waals surface area contributed by atoms with E-state index in [4.69, 9.17) is 0 Å². The van der Waals surface area contributed by atoms with Crippen molar-refractivity contribution in [1.82, 2.24) is 19.6 Å². The molecule has 0 saturated carbocycles. The number of likely N-dealkylation sites (tertiary alicyclic amines) is 2. The molecule has 0 atom stereocenters. The van der Waals surface area contributed by atoms with Crippen LogP contribution >= 0.6 is 0 Å². The molecule has 2 aliphatic heterocycles. The summed E-state index contributed by atoms with van der Waals surface area (Å²) in [6.45, 7) is 6.82. The van der Waals surface area contributed by atoms with Crippen LogP contribution in [0, 0.1) is 6.92 Å². The van der Waals surface area contributed by atoms with Crippen LogP contribution in [0.3, 0.4) is 0 Å². The molecule has 2 fully saturated rings. The molecule has 132 valence electrons. The normalized spacial score (nSPS) is 19.0. The molecule has 2 aromatic rings. The number of rotatable bonds is 4. The number of amides is 1. The predicted molar refractivity (Wildman–Crippen MR) is 97.5 cm³/mol. The highest BCUT2D eigenvalue weighted by molar-refractivity contribution is 5.94. The van der Waals surface area contributed by atoms with Gasteiger partial charge in [0.1, 0.15) is 0 Å². The fourth-order valence-electron chi connectivity index (χ4n) is 3.81. The van der Waals surface area contributed by atoms with Crippen LogP contribution in [0.15, 0.2) is 36.7 Å². The molecule has 0 aliphatic carbocycles. The summed E-state index contributed by atoms with van der Waals surface area (Å²) in [7, 11) is 0. The van der Waals surface area contributed by atoms with Crippen LogP contribution < -0.4 is 0 Å². The van der Waals surface area contributed by atoms with E-state index in [1.54, 1.807) is 0 Å². The number of carbonyl (C=O) groups is 1. The summed E-state index contributed by atoms with van der Waals surface area (Å²) >= 11 is 0. The van der Waals surface area contributed by atoms with E-state index in [9.17, 15) is 4.79 Å². The maximum atomic E-state index is 12.7. The lowest BCUT2D eigenvalue weighted by atomic mass is 10.0. The Labute approximate surface area is 149 Å². The number of hydrogen-bond acceptors (Lipinski definition) is 3. The highest BCUT2D eigenvalue weighted by Crippen LogP contribution is 2.23. The zero-order chi connectivity index (χ0) is 17.2. The number of hydrogen-bond donors (Lipinski definition) is 0. The van der Waals surface area contributed by atoms with Crippen LogP contribution in [0.2, 0.25) is 0 Å². The number of nitrogens with zero attached hydrogens (tertiary/aromatic N) is 4. The molecule has 0 radical (unpaired) electrons. The van der Waals surface area contributed by atoms with E-state index in [1.807, 2.05) is 23.2 Å². The zero-order valence-electron chi connectivity index (χ0n) is 14.9. The first-order valence-corrected chi connectivity index (χ1v) is 9.30. The van der Waals surface area contributed by atoms with Gasteiger partial charge < -0.3 is 4.90 Å². The fraction of sp³-hybridized carbons (Fsp3) is 0.500. The molecule has 4 rings (SSSR count). The average molecular weight is 338 g/mol. The first-order valence-electron chi connectivity index (χ1n) is 9.30. The molecular weight excluding hydrogens is 312 g/mol. The summed E-state index contributed by atoms with van der Waals surface area (Å²) in [6.07, 6.45) is 7.54. The predicted octanol–water partition coefficient (Wildman–Crippen LogP) is 2.87. The monoisotopic (exact) mass is 338 g/mol. The second-order valence-corrected chi connectivity index (χ2v) is 7.40. The Morgan fingerprint density at radius 1 is 1.20 bits per heavy atom. The molecule has 2 saturated heterocycles. The van der Waals surface area contributed by atoms with Crippen LogP contribution in [0.25, 0.3) is 0 Å². The van der Waals surface area contributed by atoms with Gasteiger partial charge in [-0.15, -0.1) is 0 Å². The Morgan fingerprint density at radius 2 is 2.00 bits per heavy atom. The molecule has 0 unspecified atom stereocenters. The van der Waals surface area contributed by atoms with Gasteiger partial charge in [0.2, 0.25) is 0 Å². The van der Waals surface area contributed by atoms with Crippen molar-refractivity contribution in [2.45, 2.75) is 38.8 Å². The van der Waals surface area contributed by atoms with Gasteiger partial charge in [0, 0.05) is 44.5 Å². The van der Waals surface area contributed by atoms with E-state index < -0.39 is 0 Å². The van der Waals surface area contributed by atoms with E-state index in [1.165, 1.54) is 17.5 Å². The molecule has 5 nitrogen and oxygen atoms in total. The Kier molecular flexibility index (Phi) is 4.57. The fourth-order valence-corrected chi connectivity index (χ4v) is 3.81. The third kappa shape index (κ3) is 3.61.